The average Bonchev–Trinajstić information content (AvgIpc) is 2.17. The molecule has 0 saturated carbocycles. The lowest BCUT2D eigenvalue weighted by atomic mass is 9.79. The van der Waals surface area contributed by atoms with Gasteiger partial charge in [-0.25, -0.2) is 0 Å². The van der Waals surface area contributed by atoms with Gasteiger partial charge in [0.15, 0.2) is 0 Å². The zero-order chi connectivity index (χ0) is 11.2. The Hall–Kier alpha value is -0.0400. The first-order chi connectivity index (χ1) is 6.39. The van der Waals surface area contributed by atoms with Gasteiger partial charge >= 0.3 is 0 Å². The highest BCUT2D eigenvalue weighted by Crippen LogP contribution is 2.32. The van der Waals surface area contributed by atoms with Crippen molar-refractivity contribution in [1.82, 2.24) is 0 Å². The molecule has 0 aromatic carbocycles. The molecule has 0 atom stereocenters. The molecule has 0 saturated heterocycles. The third-order valence-corrected chi connectivity index (χ3v) is 3.82. The summed E-state index contributed by atoms with van der Waals surface area (Å²) in [6, 6.07) is 0. The first-order valence-electron chi connectivity index (χ1n) is 5.94. The largest absolute Gasteiger partial charge is 0.379 e. The molecule has 86 valence electrons. The van der Waals surface area contributed by atoms with Gasteiger partial charge in [0.05, 0.1) is 5.60 Å². The third kappa shape index (κ3) is 4.99. The van der Waals surface area contributed by atoms with E-state index < -0.39 is 0 Å². The number of hydrogen-bond acceptors (Lipinski definition) is 1. The van der Waals surface area contributed by atoms with Crippen molar-refractivity contribution in [2.45, 2.75) is 72.3 Å². The Morgan fingerprint density at radius 3 is 1.79 bits per heavy atom. The Labute approximate surface area is 90.2 Å². The molecule has 1 nitrogen and oxygen atoms in total. The summed E-state index contributed by atoms with van der Waals surface area (Å²) >= 11 is 0. The van der Waals surface area contributed by atoms with E-state index in [-0.39, 0.29) is 5.60 Å². The maximum absolute atomic E-state index is 5.42. The molecule has 0 N–H and O–H groups in total. The summed E-state index contributed by atoms with van der Waals surface area (Å²) in [4.78, 5) is 0. The van der Waals surface area contributed by atoms with E-state index in [0.717, 1.165) is 0 Å². The minimum Gasteiger partial charge on any atom is -0.379 e. The van der Waals surface area contributed by atoms with Gasteiger partial charge in [-0.15, -0.1) is 0 Å². The molecule has 0 aliphatic heterocycles. The highest BCUT2D eigenvalue weighted by molar-refractivity contribution is 4.74. The van der Waals surface area contributed by atoms with Crippen molar-refractivity contribution in [3.05, 3.63) is 0 Å². The fourth-order valence-electron chi connectivity index (χ4n) is 1.65. The molecule has 0 spiro atoms. The molecule has 0 unspecified atom stereocenters. The van der Waals surface area contributed by atoms with Crippen LogP contribution >= 0.6 is 0 Å². The predicted molar refractivity (Wildman–Crippen MR) is 63.6 cm³/mol. The van der Waals surface area contributed by atoms with Gasteiger partial charge in [0.25, 0.3) is 0 Å². The first-order valence-corrected chi connectivity index (χ1v) is 5.94. The topological polar surface area (TPSA) is 9.23 Å². The van der Waals surface area contributed by atoms with Crippen molar-refractivity contribution in [3.8, 4) is 0 Å². The van der Waals surface area contributed by atoms with Crippen LogP contribution in [-0.4, -0.2) is 12.7 Å². The zero-order valence-corrected chi connectivity index (χ0v) is 10.9. The van der Waals surface area contributed by atoms with Gasteiger partial charge in [-0.05, 0) is 32.1 Å². The molecule has 0 aromatic rings. The Bertz CT molecular complexity index is 145. The second-order valence-corrected chi connectivity index (χ2v) is 5.34. The van der Waals surface area contributed by atoms with E-state index in [9.17, 15) is 0 Å². The minimum atomic E-state index is 0.0579. The standard InChI is InChI=1S/C13H28O/c1-7-13(5,8-2)11-9-10-12(3,4)14-6/h7-11H2,1-6H3. The number of rotatable bonds is 7. The van der Waals surface area contributed by atoms with Crippen LogP contribution in [0.2, 0.25) is 0 Å². The van der Waals surface area contributed by atoms with Crippen molar-refractivity contribution < 1.29 is 4.74 Å². The van der Waals surface area contributed by atoms with Gasteiger partial charge < -0.3 is 4.74 Å². The monoisotopic (exact) mass is 200 g/mol. The summed E-state index contributed by atoms with van der Waals surface area (Å²) in [5, 5.41) is 0. The molecule has 0 heterocycles. The quantitative estimate of drug-likeness (QED) is 0.591. The van der Waals surface area contributed by atoms with Crippen LogP contribution in [0.5, 0.6) is 0 Å². The van der Waals surface area contributed by atoms with Crippen molar-refractivity contribution in [1.29, 1.82) is 0 Å². The van der Waals surface area contributed by atoms with Gasteiger partial charge in [-0.2, -0.15) is 0 Å². The van der Waals surface area contributed by atoms with Crippen molar-refractivity contribution in [2.75, 3.05) is 7.11 Å². The molecule has 0 bridgehead atoms. The molecule has 1 heteroatoms. The average molecular weight is 200 g/mol. The van der Waals surface area contributed by atoms with Crippen molar-refractivity contribution in [2.24, 2.45) is 5.41 Å². The van der Waals surface area contributed by atoms with E-state index in [2.05, 4.69) is 34.6 Å². The summed E-state index contributed by atoms with van der Waals surface area (Å²) < 4.78 is 5.42. The Morgan fingerprint density at radius 1 is 0.929 bits per heavy atom. The fourth-order valence-corrected chi connectivity index (χ4v) is 1.65. The normalized spacial score (nSPS) is 13.3. The predicted octanol–water partition coefficient (Wildman–Crippen LogP) is 4.41. The van der Waals surface area contributed by atoms with E-state index in [1.54, 1.807) is 7.11 Å². The van der Waals surface area contributed by atoms with Crippen molar-refractivity contribution >= 4 is 0 Å². The first kappa shape index (κ1) is 14.0. The number of hydrogen-bond donors (Lipinski definition) is 0. The summed E-state index contributed by atoms with van der Waals surface area (Å²) in [5.74, 6) is 0. The van der Waals surface area contributed by atoms with Gasteiger partial charge in [-0.1, -0.05) is 40.0 Å². The Kier molecular flexibility index (Phi) is 5.73. The molecular weight excluding hydrogens is 172 g/mol. The van der Waals surface area contributed by atoms with Crippen LogP contribution in [0.4, 0.5) is 0 Å². The molecule has 0 amide bonds. The molecular formula is C13H28O. The summed E-state index contributed by atoms with van der Waals surface area (Å²) in [7, 11) is 1.80. The van der Waals surface area contributed by atoms with E-state index in [0.29, 0.717) is 5.41 Å². The van der Waals surface area contributed by atoms with E-state index in [1.165, 1.54) is 32.1 Å². The van der Waals surface area contributed by atoms with Crippen LogP contribution < -0.4 is 0 Å². The van der Waals surface area contributed by atoms with Crippen LogP contribution in [-0.2, 0) is 4.74 Å². The summed E-state index contributed by atoms with van der Waals surface area (Å²) in [6.07, 6.45) is 6.35. The second-order valence-electron chi connectivity index (χ2n) is 5.34. The van der Waals surface area contributed by atoms with Crippen molar-refractivity contribution in [3.63, 3.8) is 0 Å². The maximum atomic E-state index is 5.42. The summed E-state index contributed by atoms with van der Waals surface area (Å²) in [5.41, 5.74) is 0.603. The minimum absolute atomic E-state index is 0.0579. The zero-order valence-electron chi connectivity index (χ0n) is 10.9. The smallest absolute Gasteiger partial charge is 0.0622 e. The SMILES string of the molecule is CCC(C)(CC)CCCC(C)(C)OC. The molecule has 0 radical (unpaired) electrons. The highest BCUT2D eigenvalue weighted by Gasteiger charge is 2.22. The van der Waals surface area contributed by atoms with Gasteiger partial charge in [-0.3, -0.25) is 0 Å². The van der Waals surface area contributed by atoms with E-state index >= 15 is 0 Å². The number of ether oxygens (including phenoxy) is 1. The molecule has 14 heavy (non-hydrogen) atoms. The third-order valence-electron chi connectivity index (χ3n) is 3.82. The second kappa shape index (κ2) is 5.75. The van der Waals surface area contributed by atoms with Crippen LogP contribution in [0.25, 0.3) is 0 Å². The van der Waals surface area contributed by atoms with Gasteiger partial charge in [0.2, 0.25) is 0 Å². The van der Waals surface area contributed by atoms with Crippen LogP contribution in [0.3, 0.4) is 0 Å². The van der Waals surface area contributed by atoms with Gasteiger partial charge in [0, 0.05) is 7.11 Å². The van der Waals surface area contributed by atoms with Crippen LogP contribution in [0.15, 0.2) is 0 Å². The van der Waals surface area contributed by atoms with E-state index in [1.807, 2.05) is 0 Å². The molecule has 0 aliphatic rings. The van der Waals surface area contributed by atoms with Crippen LogP contribution in [0, 0.1) is 5.41 Å². The maximum Gasteiger partial charge on any atom is 0.0622 e. The lowest BCUT2D eigenvalue weighted by molar-refractivity contribution is 0.0109. The molecule has 0 aromatic heterocycles. The Morgan fingerprint density at radius 2 is 1.43 bits per heavy atom. The summed E-state index contributed by atoms with van der Waals surface area (Å²) in [6.45, 7) is 11.3. The number of methoxy groups -OCH3 is 1. The lowest BCUT2D eigenvalue weighted by Gasteiger charge is -2.29. The molecule has 0 rings (SSSR count). The fraction of sp³-hybridized carbons (Fsp3) is 1.00. The molecule has 0 aliphatic carbocycles. The van der Waals surface area contributed by atoms with E-state index in [4.69, 9.17) is 4.74 Å². The Balaban J connectivity index is 3.83. The lowest BCUT2D eigenvalue weighted by Crippen LogP contribution is -2.23. The van der Waals surface area contributed by atoms with Gasteiger partial charge in [0.1, 0.15) is 0 Å². The molecule has 0 fully saturated rings. The highest BCUT2D eigenvalue weighted by atomic mass is 16.5. The van der Waals surface area contributed by atoms with Crippen LogP contribution in [0.1, 0.15) is 66.7 Å².